The summed E-state index contributed by atoms with van der Waals surface area (Å²) in [6.07, 6.45) is 2.27. The van der Waals surface area contributed by atoms with Crippen LogP contribution in [0.25, 0.3) is 0 Å². The van der Waals surface area contributed by atoms with E-state index in [0.29, 0.717) is 11.5 Å². The zero-order chi connectivity index (χ0) is 13.2. The fraction of sp³-hybridized carbons (Fsp3) is 0.786. The van der Waals surface area contributed by atoms with Crippen molar-refractivity contribution >= 4 is 0 Å². The standard InChI is InChI=1S/C14H27N3/c1-10-12(11(2)17(7)16-10)8-9-13(15-6)14(3,4)5/h13,15H,8-9H2,1-7H3. The van der Waals surface area contributed by atoms with Gasteiger partial charge in [0.1, 0.15) is 0 Å². The Morgan fingerprint density at radius 2 is 1.88 bits per heavy atom. The summed E-state index contributed by atoms with van der Waals surface area (Å²) in [6.45, 7) is 11.1. The molecule has 0 bridgehead atoms. The van der Waals surface area contributed by atoms with E-state index in [-0.39, 0.29) is 0 Å². The van der Waals surface area contributed by atoms with E-state index >= 15 is 0 Å². The van der Waals surface area contributed by atoms with Gasteiger partial charge in [-0.05, 0) is 44.7 Å². The molecule has 0 spiro atoms. The molecule has 0 saturated heterocycles. The molecule has 3 nitrogen and oxygen atoms in total. The minimum atomic E-state index is 0.304. The average molecular weight is 237 g/mol. The van der Waals surface area contributed by atoms with Crippen LogP contribution in [0.2, 0.25) is 0 Å². The van der Waals surface area contributed by atoms with Gasteiger partial charge in [0.25, 0.3) is 0 Å². The average Bonchev–Trinajstić information content (AvgIpc) is 2.43. The lowest BCUT2D eigenvalue weighted by Crippen LogP contribution is -2.38. The van der Waals surface area contributed by atoms with E-state index < -0.39 is 0 Å². The Labute approximate surface area is 106 Å². The molecule has 0 aliphatic carbocycles. The molecule has 1 aromatic heterocycles. The van der Waals surface area contributed by atoms with E-state index in [0.717, 1.165) is 12.8 Å². The first kappa shape index (κ1) is 14.2. The zero-order valence-corrected chi connectivity index (χ0v) is 12.4. The van der Waals surface area contributed by atoms with Crippen molar-refractivity contribution < 1.29 is 0 Å². The maximum atomic E-state index is 4.47. The molecule has 0 aromatic carbocycles. The maximum absolute atomic E-state index is 4.47. The smallest absolute Gasteiger partial charge is 0.0628 e. The Hall–Kier alpha value is -0.830. The predicted molar refractivity (Wildman–Crippen MR) is 73.3 cm³/mol. The number of aromatic nitrogens is 2. The number of hydrogen-bond acceptors (Lipinski definition) is 2. The summed E-state index contributed by atoms with van der Waals surface area (Å²) in [5.74, 6) is 0. The van der Waals surface area contributed by atoms with Gasteiger partial charge in [-0.25, -0.2) is 0 Å². The van der Waals surface area contributed by atoms with Gasteiger partial charge in [-0.1, -0.05) is 20.8 Å². The van der Waals surface area contributed by atoms with Crippen LogP contribution in [0.5, 0.6) is 0 Å². The van der Waals surface area contributed by atoms with E-state index in [2.05, 4.69) is 52.1 Å². The molecule has 0 fully saturated rings. The molecule has 1 unspecified atom stereocenters. The van der Waals surface area contributed by atoms with Crippen LogP contribution < -0.4 is 5.32 Å². The molecule has 1 aromatic rings. The molecule has 0 amide bonds. The largest absolute Gasteiger partial charge is 0.316 e. The lowest BCUT2D eigenvalue weighted by atomic mass is 9.83. The van der Waals surface area contributed by atoms with Crippen molar-refractivity contribution in [1.29, 1.82) is 0 Å². The van der Waals surface area contributed by atoms with Gasteiger partial charge in [0.05, 0.1) is 5.69 Å². The maximum Gasteiger partial charge on any atom is 0.0628 e. The Morgan fingerprint density at radius 3 is 2.24 bits per heavy atom. The third-order valence-electron chi connectivity index (χ3n) is 3.74. The lowest BCUT2D eigenvalue weighted by Gasteiger charge is -2.30. The third kappa shape index (κ3) is 3.32. The summed E-state index contributed by atoms with van der Waals surface area (Å²) in [5.41, 5.74) is 4.19. The van der Waals surface area contributed by atoms with Crippen LogP contribution >= 0.6 is 0 Å². The highest BCUT2D eigenvalue weighted by Gasteiger charge is 2.23. The summed E-state index contributed by atoms with van der Waals surface area (Å²) in [5, 5.41) is 7.90. The van der Waals surface area contributed by atoms with Crippen molar-refractivity contribution in [2.75, 3.05) is 7.05 Å². The van der Waals surface area contributed by atoms with E-state index in [1.54, 1.807) is 0 Å². The van der Waals surface area contributed by atoms with E-state index in [1.807, 2.05) is 11.7 Å². The molecule has 0 saturated carbocycles. The highest BCUT2D eigenvalue weighted by molar-refractivity contribution is 5.24. The van der Waals surface area contributed by atoms with E-state index in [9.17, 15) is 0 Å². The molecule has 0 radical (unpaired) electrons. The van der Waals surface area contributed by atoms with Crippen molar-refractivity contribution in [1.82, 2.24) is 15.1 Å². The number of hydrogen-bond donors (Lipinski definition) is 1. The predicted octanol–water partition coefficient (Wildman–Crippen LogP) is 2.60. The second-order valence-electron chi connectivity index (χ2n) is 6.02. The van der Waals surface area contributed by atoms with Gasteiger partial charge in [-0.3, -0.25) is 4.68 Å². The van der Waals surface area contributed by atoms with Crippen LogP contribution in [-0.2, 0) is 13.5 Å². The normalized spacial score (nSPS) is 14.1. The van der Waals surface area contributed by atoms with E-state index in [4.69, 9.17) is 0 Å². The quantitative estimate of drug-likeness (QED) is 0.872. The SMILES string of the molecule is CNC(CCc1c(C)nn(C)c1C)C(C)(C)C. The number of rotatable bonds is 4. The van der Waals surface area contributed by atoms with Gasteiger partial charge in [0.2, 0.25) is 0 Å². The first-order valence-corrected chi connectivity index (χ1v) is 6.43. The van der Waals surface area contributed by atoms with Crippen LogP contribution in [0.4, 0.5) is 0 Å². The molecule has 0 aliphatic heterocycles. The van der Waals surface area contributed by atoms with Crippen LogP contribution in [0.3, 0.4) is 0 Å². The van der Waals surface area contributed by atoms with Crippen LogP contribution in [0.15, 0.2) is 0 Å². The molecule has 17 heavy (non-hydrogen) atoms. The summed E-state index contributed by atoms with van der Waals surface area (Å²) in [6, 6.07) is 0.543. The minimum absolute atomic E-state index is 0.304. The van der Waals surface area contributed by atoms with Gasteiger partial charge in [-0.2, -0.15) is 5.10 Å². The topological polar surface area (TPSA) is 29.9 Å². The van der Waals surface area contributed by atoms with Crippen molar-refractivity contribution in [3.8, 4) is 0 Å². The summed E-state index contributed by atoms with van der Waals surface area (Å²) < 4.78 is 1.98. The second kappa shape index (κ2) is 5.21. The monoisotopic (exact) mass is 237 g/mol. The molecule has 3 heteroatoms. The van der Waals surface area contributed by atoms with Gasteiger partial charge < -0.3 is 5.32 Å². The Morgan fingerprint density at radius 1 is 1.29 bits per heavy atom. The molecule has 98 valence electrons. The number of aryl methyl sites for hydroxylation is 2. The molecule has 1 heterocycles. The highest BCUT2D eigenvalue weighted by Crippen LogP contribution is 2.24. The summed E-state index contributed by atoms with van der Waals surface area (Å²) in [4.78, 5) is 0. The highest BCUT2D eigenvalue weighted by atomic mass is 15.3. The molecule has 0 aliphatic rings. The number of nitrogens with one attached hydrogen (secondary N) is 1. The van der Waals surface area contributed by atoms with Gasteiger partial charge >= 0.3 is 0 Å². The van der Waals surface area contributed by atoms with Gasteiger partial charge in [-0.15, -0.1) is 0 Å². The minimum Gasteiger partial charge on any atom is -0.316 e. The van der Waals surface area contributed by atoms with Crippen molar-refractivity contribution in [3.05, 3.63) is 17.0 Å². The third-order valence-corrected chi connectivity index (χ3v) is 3.74. The summed E-state index contributed by atoms with van der Waals surface area (Å²) >= 11 is 0. The molecule has 1 atom stereocenters. The van der Waals surface area contributed by atoms with Crippen molar-refractivity contribution in [2.24, 2.45) is 12.5 Å². The van der Waals surface area contributed by atoms with Crippen molar-refractivity contribution in [3.63, 3.8) is 0 Å². The summed E-state index contributed by atoms with van der Waals surface area (Å²) in [7, 11) is 4.07. The Bertz CT molecular complexity index is 372. The molecule has 1 rings (SSSR count). The van der Waals surface area contributed by atoms with Gasteiger partial charge in [0.15, 0.2) is 0 Å². The first-order valence-electron chi connectivity index (χ1n) is 6.43. The van der Waals surface area contributed by atoms with Crippen LogP contribution in [0.1, 0.15) is 44.1 Å². The van der Waals surface area contributed by atoms with Crippen LogP contribution in [0, 0.1) is 19.3 Å². The fourth-order valence-corrected chi connectivity index (χ4v) is 2.48. The van der Waals surface area contributed by atoms with Crippen molar-refractivity contribution in [2.45, 2.75) is 53.5 Å². The van der Waals surface area contributed by atoms with Crippen LogP contribution in [-0.4, -0.2) is 22.9 Å². The molecule has 1 N–H and O–H groups in total. The number of nitrogens with zero attached hydrogens (tertiary/aromatic N) is 2. The first-order chi connectivity index (χ1) is 7.77. The zero-order valence-electron chi connectivity index (χ0n) is 12.4. The molecular formula is C14H27N3. The van der Waals surface area contributed by atoms with Gasteiger partial charge in [0, 0.05) is 18.8 Å². The van der Waals surface area contributed by atoms with E-state index in [1.165, 1.54) is 17.0 Å². The second-order valence-corrected chi connectivity index (χ2v) is 6.02. The Kier molecular flexibility index (Phi) is 4.36. The lowest BCUT2D eigenvalue weighted by molar-refractivity contribution is 0.267. The fourth-order valence-electron chi connectivity index (χ4n) is 2.48. The Balaban J connectivity index is 2.73. The molecular weight excluding hydrogens is 210 g/mol.